The van der Waals surface area contributed by atoms with E-state index in [-0.39, 0.29) is 12.1 Å². The molecule has 1 aromatic rings. The summed E-state index contributed by atoms with van der Waals surface area (Å²) in [5, 5.41) is 12.9. The van der Waals surface area contributed by atoms with Crippen molar-refractivity contribution in [1.29, 1.82) is 0 Å². The first kappa shape index (κ1) is 16.2. The van der Waals surface area contributed by atoms with Crippen LogP contribution in [-0.2, 0) is 6.42 Å². The summed E-state index contributed by atoms with van der Waals surface area (Å²) in [6, 6.07) is 0.286. The van der Waals surface area contributed by atoms with Gasteiger partial charge in [-0.2, -0.15) is 0 Å². The Morgan fingerprint density at radius 3 is 2.65 bits per heavy atom. The molecule has 0 saturated heterocycles. The molecule has 3 rings (SSSR count). The maximum absolute atomic E-state index is 11.6. The van der Waals surface area contributed by atoms with Gasteiger partial charge in [0, 0.05) is 12.2 Å². The predicted molar refractivity (Wildman–Crippen MR) is 88.0 cm³/mol. The van der Waals surface area contributed by atoms with Crippen LogP contribution in [0.25, 0.3) is 0 Å². The van der Waals surface area contributed by atoms with Crippen molar-refractivity contribution >= 4 is 11.9 Å². The SMILES string of the molecule is CC1CC(Cc2nc(NC3CCC(O)CC3)ncc2C(N)=O)C1. The van der Waals surface area contributed by atoms with E-state index in [9.17, 15) is 9.90 Å². The number of carbonyl (C=O) groups excluding carboxylic acids is 1. The fraction of sp³-hybridized carbons (Fsp3) is 0.706. The Balaban J connectivity index is 1.69. The van der Waals surface area contributed by atoms with E-state index in [0.29, 0.717) is 17.4 Å². The number of nitrogens with zero attached hydrogens (tertiary/aromatic N) is 2. The maximum Gasteiger partial charge on any atom is 0.252 e. The zero-order valence-corrected chi connectivity index (χ0v) is 13.7. The van der Waals surface area contributed by atoms with E-state index >= 15 is 0 Å². The van der Waals surface area contributed by atoms with Crippen molar-refractivity contribution in [2.24, 2.45) is 17.6 Å². The van der Waals surface area contributed by atoms with Gasteiger partial charge < -0.3 is 16.2 Å². The van der Waals surface area contributed by atoms with Crippen LogP contribution in [0, 0.1) is 11.8 Å². The highest BCUT2D eigenvalue weighted by molar-refractivity contribution is 5.93. The Morgan fingerprint density at radius 1 is 1.35 bits per heavy atom. The van der Waals surface area contributed by atoms with Crippen LogP contribution in [0.4, 0.5) is 5.95 Å². The summed E-state index contributed by atoms with van der Waals surface area (Å²) in [6.45, 7) is 2.25. The van der Waals surface area contributed by atoms with E-state index in [1.165, 1.54) is 12.8 Å². The van der Waals surface area contributed by atoms with Gasteiger partial charge in [0.15, 0.2) is 0 Å². The molecule has 0 aromatic carbocycles. The third-order valence-electron chi connectivity index (χ3n) is 5.12. The van der Waals surface area contributed by atoms with Gasteiger partial charge in [0.2, 0.25) is 5.95 Å². The van der Waals surface area contributed by atoms with Crippen molar-refractivity contribution in [3.05, 3.63) is 17.5 Å². The van der Waals surface area contributed by atoms with Gasteiger partial charge in [0.05, 0.1) is 17.4 Å². The Morgan fingerprint density at radius 2 is 2.04 bits per heavy atom. The second-order valence-corrected chi connectivity index (χ2v) is 7.21. The number of rotatable bonds is 5. The molecule has 2 aliphatic carbocycles. The molecule has 1 aromatic heterocycles. The molecule has 4 N–H and O–H groups in total. The predicted octanol–water partition coefficient (Wildman–Crippen LogP) is 1.88. The van der Waals surface area contributed by atoms with Gasteiger partial charge >= 0.3 is 0 Å². The van der Waals surface area contributed by atoms with Crippen molar-refractivity contribution in [2.75, 3.05) is 5.32 Å². The number of anilines is 1. The molecule has 0 atom stereocenters. The van der Waals surface area contributed by atoms with Gasteiger partial charge in [-0.3, -0.25) is 4.79 Å². The highest BCUT2D eigenvalue weighted by Gasteiger charge is 2.28. The third-order valence-corrected chi connectivity index (χ3v) is 5.12. The van der Waals surface area contributed by atoms with Crippen molar-refractivity contribution < 1.29 is 9.90 Å². The van der Waals surface area contributed by atoms with Crippen LogP contribution < -0.4 is 11.1 Å². The summed E-state index contributed by atoms with van der Waals surface area (Å²) in [5.41, 5.74) is 6.67. The second kappa shape index (κ2) is 6.83. The fourth-order valence-corrected chi connectivity index (χ4v) is 3.76. The summed E-state index contributed by atoms with van der Waals surface area (Å²) in [5.74, 6) is 1.47. The monoisotopic (exact) mass is 318 g/mol. The van der Waals surface area contributed by atoms with Gasteiger partial charge in [-0.1, -0.05) is 6.92 Å². The summed E-state index contributed by atoms with van der Waals surface area (Å²) < 4.78 is 0. The van der Waals surface area contributed by atoms with Gasteiger partial charge in [0.1, 0.15) is 0 Å². The van der Waals surface area contributed by atoms with Crippen molar-refractivity contribution in [2.45, 2.75) is 64.0 Å². The summed E-state index contributed by atoms with van der Waals surface area (Å²) in [6.07, 6.45) is 7.98. The molecule has 2 saturated carbocycles. The minimum Gasteiger partial charge on any atom is -0.393 e. The highest BCUT2D eigenvalue weighted by atomic mass is 16.3. The third kappa shape index (κ3) is 3.99. The smallest absolute Gasteiger partial charge is 0.252 e. The van der Waals surface area contributed by atoms with Crippen LogP contribution in [0.3, 0.4) is 0 Å². The molecule has 0 bridgehead atoms. The van der Waals surface area contributed by atoms with E-state index in [4.69, 9.17) is 5.73 Å². The lowest BCUT2D eigenvalue weighted by Crippen LogP contribution is -2.30. The first-order valence-corrected chi connectivity index (χ1v) is 8.61. The van der Waals surface area contributed by atoms with E-state index in [1.54, 1.807) is 6.20 Å². The Labute approximate surface area is 136 Å². The number of carbonyl (C=O) groups is 1. The normalized spacial score (nSPS) is 30.5. The van der Waals surface area contributed by atoms with Crippen LogP contribution in [0.1, 0.15) is 61.5 Å². The lowest BCUT2D eigenvalue weighted by Gasteiger charge is -2.32. The number of hydrogen-bond acceptors (Lipinski definition) is 5. The van der Waals surface area contributed by atoms with E-state index in [1.807, 2.05) is 0 Å². The van der Waals surface area contributed by atoms with E-state index < -0.39 is 5.91 Å². The topological polar surface area (TPSA) is 101 Å². The summed E-state index contributed by atoms with van der Waals surface area (Å²) >= 11 is 0. The molecule has 2 aliphatic rings. The molecule has 23 heavy (non-hydrogen) atoms. The second-order valence-electron chi connectivity index (χ2n) is 7.21. The number of aliphatic hydroxyl groups excluding tert-OH is 1. The molecular formula is C17H26N4O2. The Hall–Kier alpha value is -1.69. The standard InChI is InChI=1S/C17H26N4O2/c1-10-6-11(7-10)8-15-14(16(18)23)9-19-17(21-15)20-12-2-4-13(22)5-3-12/h9-13,22H,2-8H2,1H3,(H2,18,23)(H,19,20,21). The number of hydrogen-bond donors (Lipinski definition) is 3. The van der Waals surface area contributed by atoms with Gasteiger partial charge in [0.25, 0.3) is 5.91 Å². The van der Waals surface area contributed by atoms with Crippen molar-refractivity contribution in [1.82, 2.24) is 9.97 Å². The molecule has 0 radical (unpaired) electrons. The van der Waals surface area contributed by atoms with Crippen molar-refractivity contribution in [3.63, 3.8) is 0 Å². The average Bonchev–Trinajstić information content (AvgIpc) is 2.48. The molecule has 2 fully saturated rings. The lowest BCUT2D eigenvalue weighted by molar-refractivity contribution is 0.0997. The van der Waals surface area contributed by atoms with Crippen LogP contribution >= 0.6 is 0 Å². The Bertz CT molecular complexity index is 564. The number of primary amides is 1. The molecule has 6 heteroatoms. The van der Waals surface area contributed by atoms with Crippen LogP contribution in [0.15, 0.2) is 6.20 Å². The number of nitrogens with two attached hydrogens (primary N) is 1. The molecule has 0 unspecified atom stereocenters. The number of nitrogens with one attached hydrogen (secondary N) is 1. The Kier molecular flexibility index (Phi) is 4.80. The van der Waals surface area contributed by atoms with Gasteiger partial charge in [-0.15, -0.1) is 0 Å². The average molecular weight is 318 g/mol. The molecule has 0 aliphatic heterocycles. The number of aromatic nitrogens is 2. The van der Waals surface area contributed by atoms with E-state index in [0.717, 1.165) is 43.7 Å². The number of aliphatic hydroxyl groups is 1. The van der Waals surface area contributed by atoms with Crippen molar-refractivity contribution in [3.8, 4) is 0 Å². The summed E-state index contributed by atoms with van der Waals surface area (Å²) in [7, 11) is 0. The molecule has 6 nitrogen and oxygen atoms in total. The first-order chi connectivity index (χ1) is 11.0. The fourth-order valence-electron chi connectivity index (χ4n) is 3.76. The first-order valence-electron chi connectivity index (χ1n) is 8.61. The molecule has 1 amide bonds. The van der Waals surface area contributed by atoms with Crippen LogP contribution in [-0.4, -0.2) is 33.1 Å². The van der Waals surface area contributed by atoms with Crippen LogP contribution in [0.5, 0.6) is 0 Å². The quantitative estimate of drug-likeness (QED) is 0.769. The largest absolute Gasteiger partial charge is 0.393 e. The molecule has 1 heterocycles. The zero-order valence-electron chi connectivity index (χ0n) is 13.7. The lowest BCUT2D eigenvalue weighted by atomic mass is 9.73. The zero-order chi connectivity index (χ0) is 16.4. The van der Waals surface area contributed by atoms with Crippen LogP contribution in [0.2, 0.25) is 0 Å². The molecular weight excluding hydrogens is 292 g/mol. The minimum atomic E-state index is -0.459. The number of amides is 1. The van der Waals surface area contributed by atoms with Gasteiger partial charge in [-0.05, 0) is 56.8 Å². The molecule has 126 valence electrons. The minimum absolute atomic E-state index is 0.178. The van der Waals surface area contributed by atoms with E-state index in [2.05, 4.69) is 22.2 Å². The highest BCUT2D eigenvalue weighted by Crippen LogP contribution is 2.35. The molecule has 0 spiro atoms. The van der Waals surface area contributed by atoms with Gasteiger partial charge in [-0.25, -0.2) is 9.97 Å². The summed E-state index contributed by atoms with van der Waals surface area (Å²) in [4.78, 5) is 20.4. The maximum atomic E-state index is 11.6.